The molecule has 0 spiro atoms. The van der Waals surface area contributed by atoms with Crippen molar-refractivity contribution in [3.8, 4) is 0 Å². The summed E-state index contributed by atoms with van der Waals surface area (Å²) in [6.45, 7) is 10.5. The van der Waals surface area contributed by atoms with Crippen LogP contribution in [0.5, 0.6) is 0 Å². The van der Waals surface area contributed by atoms with E-state index in [4.69, 9.17) is 10.5 Å². The summed E-state index contributed by atoms with van der Waals surface area (Å²) in [7, 11) is 0. The molecule has 1 fully saturated rings. The predicted molar refractivity (Wildman–Crippen MR) is 66.7 cm³/mol. The normalized spacial score (nSPS) is 26.3. The highest BCUT2D eigenvalue weighted by atomic mass is 16.5. The van der Waals surface area contributed by atoms with E-state index in [1.165, 1.54) is 0 Å². The quantitative estimate of drug-likeness (QED) is 0.855. The molecule has 0 bridgehead atoms. The Morgan fingerprint density at radius 1 is 1.41 bits per heavy atom. The van der Waals surface area contributed by atoms with Crippen molar-refractivity contribution in [1.29, 1.82) is 0 Å². The number of hydrogen-bond acceptors (Lipinski definition) is 4. The van der Waals surface area contributed by atoms with Crippen molar-refractivity contribution in [2.24, 2.45) is 0 Å². The largest absolute Gasteiger partial charge is 0.381 e. The third kappa shape index (κ3) is 2.04. The van der Waals surface area contributed by atoms with Gasteiger partial charge in [-0.1, -0.05) is 12.1 Å². The highest BCUT2D eigenvalue weighted by Gasteiger charge is 2.48. The first-order valence-electron chi connectivity index (χ1n) is 6.16. The summed E-state index contributed by atoms with van der Waals surface area (Å²) in [6, 6.07) is 0.192. The topological polar surface area (TPSA) is 66.0 Å². The maximum Gasteiger partial charge on any atom is 0.169 e. The third-order valence-electron chi connectivity index (χ3n) is 3.48. The highest BCUT2D eigenvalue weighted by Crippen LogP contribution is 2.45. The van der Waals surface area contributed by atoms with Gasteiger partial charge in [0.1, 0.15) is 0 Å². The Morgan fingerprint density at radius 3 is 2.53 bits per heavy atom. The van der Waals surface area contributed by atoms with Crippen molar-refractivity contribution in [3.05, 3.63) is 5.69 Å². The number of nitrogens with two attached hydrogens (primary N) is 1. The summed E-state index contributed by atoms with van der Waals surface area (Å²) >= 11 is 0. The van der Waals surface area contributed by atoms with Crippen LogP contribution in [0.1, 0.15) is 52.8 Å². The van der Waals surface area contributed by atoms with Crippen LogP contribution in [0.15, 0.2) is 0 Å². The molecule has 5 heteroatoms. The molecule has 17 heavy (non-hydrogen) atoms. The number of nitrogens with zero attached hydrogens (tertiary/aromatic N) is 3. The molecule has 1 saturated heterocycles. The molecule has 1 atom stereocenters. The van der Waals surface area contributed by atoms with Crippen LogP contribution in [0.2, 0.25) is 0 Å². The fourth-order valence-electron chi connectivity index (χ4n) is 2.83. The molecule has 0 radical (unpaired) electrons. The zero-order chi connectivity index (χ0) is 12.8. The minimum absolute atomic E-state index is 0.125. The summed E-state index contributed by atoms with van der Waals surface area (Å²) < 4.78 is 8.03. The number of aromatic nitrogens is 3. The Bertz CT molecular complexity index is 422. The molecule has 0 aliphatic carbocycles. The molecule has 0 amide bonds. The van der Waals surface area contributed by atoms with E-state index in [0.717, 1.165) is 18.5 Å². The van der Waals surface area contributed by atoms with Crippen LogP contribution in [-0.2, 0) is 11.2 Å². The molecule has 1 unspecified atom stereocenters. The molecule has 96 valence electrons. The fourth-order valence-corrected chi connectivity index (χ4v) is 2.83. The van der Waals surface area contributed by atoms with E-state index in [1.807, 2.05) is 4.68 Å². The van der Waals surface area contributed by atoms with Crippen LogP contribution in [0.4, 0.5) is 5.82 Å². The predicted octanol–water partition coefficient (Wildman–Crippen LogP) is 1.94. The van der Waals surface area contributed by atoms with Crippen molar-refractivity contribution in [2.75, 3.05) is 5.73 Å². The highest BCUT2D eigenvalue weighted by molar-refractivity contribution is 5.33. The van der Waals surface area contributed by atoms with Gasteiger partial charge >= 0.3 is 0 Å². The Labute approximate surface area is 102 Å². The maximum atomic E-state index is 6.08. The van der Waals surface area contributed by atoms with Gasteiger partial charge < -0.3 is 10.5 Å². The van der Waals surface area contributed by atoms with E-state index in [1.54, 1.807) is 0 Å². The number of rotatable bonds is 2. The lowest BCUT2D eigenvalue weighted by molar-refractivity contribution is -0.0740. The molecule has 1 aliphatic rings. The molecule has 1 aromatic heterocycles. The SMILES string of the molecule is CCc1c(N)nnn1C1CC(C)(C)OC1(C)C. The first-order chi connectivity index (χ1) is 7.77. The molecular formula is C12H22N4O. The molecule has 1 aromatic rings. The monoisotopic (exact) mass is 238 g/mol. The van der Waals surface area contributed by atoms with E-state index < -0.39 is 0 Å². The van der Waals surface area contributed by atoms with E-state index in [2.05, 4.69) is 44.9 Å². The maximum absolute atomic E-state index is 6.08. The van der Waals surface area contributed by atoms with Gasteiger partial charge in [-0.25, -0.2) is 4.68 Å². The molecule has 2 heterocycles. The van der Waals surface area contributed by atoms with E-state index in [0.29, 0.717) is 5.82 Å². The number of nitrogen functional groups attached to an aromatic ring is 1. The van der Waals surface area contributed by atoms with Gasteiger partial charge in [0.25, 0.3) is 0 Å². The lowest BCUT2D eigenvalue weighted by Crippen LogP contribution is -2.32. The standard InChI is InChI=1S/C12H22N4O/c1-6-8-10(13)14-15-16(8)9-7-11(2,3)17-12(9,4)5/h9H,6-7,13H2,1-5H3. The molecular weight excluding hydrogens is 216 g/mol. The van der Waals surface area contributed by atoms with Gasteiger partial charge in [0, 0.05) is 6.42 Å². The number of anilines is 1. The Kier molecular flexibility index (Phi) is 2.69. The van der Waals surface area contributed by atoms with Crippen molar-refractivity contribution in [1.82, 2.24) is 15.0 Å². The average molecular weight is 238 g/mol. The second-order valence-electron chi connectivity index (χ2n) is 5.90. The molecule has 0 aromatic carbocycles. The van der Waals surface area contributed by atoms with Gasteiger partial charge in [0.15, 0.2) is 5.82 Å². The number of ether oxygens (including phenoxy) is 1. The van der Waals surface area contributed by atoms with Crippen molar-refractivity contribution < 1.29 is 4.74 Å². The van der Waals surface area contributed by atoms with Crippen molar-refractivity contribution in [2.45, 2.75) is 64.7 Å². The van der Waals surface area contributed by atoms with E-state index in [9.17, 15) is 0 Å². The van der Waals surface area contributed by atoms with Crippen LogP contribution in [0.25, 0.3) is 0 Å². The van der Waals surface area contributed by atoms with Gasteiger partial charge in [-0.2, -0.15) is 0 Å². The zero-order valence-corrected chi connectivity index (χ0v) is 11.3. The van der Waals surface area contributed by atoms with Gasteiger partial charge in [0.2, 0.25) is 0 Å². The van der Waals surface area contributed by atoms with E-state index in [-0.39, 0.29) is 17.2 Å². The van der Waals surface area contributed by atoms with Crippen LogP contribution in [0, 0.1) is 0 Å². The van der Waals surface area contributed by atoms with Gasteiger partial charge in [-0.15, -0.1) is 5.10 Å². The lowest BCUT2D eigenvalue weighted by atomic mass is 9.94. The summed E-state index contributed by atoms with van der Waals surface area (Å²) in [6.07, 6.45) is 1.77. The molecule has 0 saturated carbocycles. The number of hydrogen-bond donors (Lipinski definition) is 1. The molecule has 2 rings (SSSR count). The third-order valence-corrected chi connectivity index (χ3v) is 3.48. The van der Waals surface area contributed by atoms with Crippen molar-refractivity contribution >= 4 is 5.82 Å². The Balaban J connectivity index is 2.40. The minimum Gasteiger partial charge on any atom is -0.381 e. The van der Waals surface area contributed by atoms with Crippen LogP contribution in [0.3, 0.4) is 0 Å². The van der Waals surface area contributed by atoms with E-state index >= 15 is 0 Å². The molecule has 1 aliphatic heterocycles. The van der Waals surface area contributed by atoms with Gasteiger partial charge in [-0.3, -0.25) is 0 Å². The second kappa shape index (κ2) is 3.70. The summed E-state index contributed by atoms with van der Waals surface area (Å²) in [4.78, 5) is 0. The summed E-state index contributed by atoms with van der Waals surface area (Å²) in [5.41, 5.74) is 6.48. The van der Waals surface area contributed by atoms with Crippen LogP contribution in [-0.4, -0.2) is 26.2 Å². The summed E-state index contributed by atoms with van der Waals surface area (Å²) in [5.74, 6) is 0.535. The van der Waals surface area contributed by atoms with Gasteiger partial charge in [-0.05, 0) is 34.1 Å². The first kappa shape index (κ1) is 12.4. The Morgan fingerprint density at radius 2 is 2.06 bits per heavy atom. The zero-order valence-electron chi connectivity index (χ0n) is 11.3. The smallest absolute Gasteiger partial charge is 0.169 e. The van der Waals surface area contributed by atoms with Crippen molar-refractivity contribution in [3.63, 3.8) is 0 Å². The first-order valence-corrected chi connectivity index (χ1v) is 6.16. The van der Waals surface area contributed by atoms with Crippen LogP contribution < -0.4 is 5.73 Å². The molecule has 2 N–H and O–H groups in total. The average Bonchev–Trinajstić information content (AvgIpc) is 2.63. The van der Waals surface area contributed by atoms with Gasteiger partial charge in [0.05, 0.1) is 22.9 Å². The minimum atomic E-state index is -0.242. The Hall–Kier alpha value is -1.10. The summed E-state index contributed by atoms with van der Waals surface area (Å²) in [5, 5.41) is 8.17. The second-order valence-corrected chi connectivity index (χ2v) is 5.90. The van der Waals surface area contributed by atoms with Crippen LogP contribution >= 0.6 is 0 Å². The fraction of sp³-hybridized carbons (Fsp3) is 0.833. The lowest BCUT2D eigenvalue weighted by Gasteiger charge is -2.27. The molecule has 5 nitrogen and oxygen atoms in total.